The Balaban J connectivity index is 1.39. The molecular formula is C21H20F2N4O2S. The number of carbonyl (C=O) groups excluding carboxylic acids is 2. The van der Waals surface area contributed by atoms with Gasteiger partial charge in [-0.1, -0.05) is 36.7 Å². The van der Waals surface area contributed by atoms with Gasteiger partial charge >= 0.3 is 0 Å². The van der Waals surface area contributed by atoms with Crippen LogP contribution in [0, 0.1) is 11.6 Å². The average molecular weight is 430 g/mol. The minimum Gasteiger partial charge on any atom is -0.349 e. The molecule has 0 aliphatic heterocycles. The number of fused-ring (bicyclic) bond motifs is 1. The van der Waals surface area contributed by atoms with E-state index in [1.165, 1.54) is 0 Å². The summed E-state index contributed by atoms with van der Waals surface area (Å²) in [5.74, 6) is -2.45. The lowest BCUT2D eigenvalue weighted by Crippen LogP contribution is -2.33. The number of hydrogen-bond donors (Lipinski definition) is 3. The number of halogens is 2. The third kappa shape index (κ3) is 4.62. The second-order valence-electron chi connectivity index (χ2n) is 7.16. The second-order valence-corrected chi connectivity index (χ2v) is 8.13. The van der Waals surface area contributed by atoms with Crippen LogP contribution >= 0.6 is 11.8 Å². The van der Waals surface area contributed by atoms with E-state index in [2.05, 4.69) is 20.6 Å². The average Bonchev–Trinajstić information content (AvgIpc) is 3.36. The number of imidazole rings is 1. The zero-order chi connectivity index (χ0) is 21.1. The fourth-order valence-corrected chi connectivity index (χ4v) is 4.18. The molecule has 3 aromatic rings. The van der Waals surface area contributed by atoms with Crippen molar-refractivity contribution in [1.29, 1.82) is 0 Å². The normalized spacial score (nSPS) is 14.2. The zero-order valence-corrected chi connectivity index (χ0v) is 16.8. The third-order valence-corrected chi connectivity index (χ3v) is 5.85. The van der Waals surface area contributed by atoms with Crippen molar-refractivity contribution in [3.05, 3.63) is 53.6 Å². The summed E-state index contributed by atoms with van der Waals surface area (Å²) in [5, 5.41) is 6.15. The van der Waals surface area contributed by atoms with E-state index in [1.54, 1.807) is 24.3 Å². The predicted octanol–water partition coefficient (Wildman–Crippen LogP) is 4.24. The number of para-hydroxylation sites is 1. The van der Waals surface area contributed by atoms with E-state index in [4.69, 9.17) is 0 Å². The molecule has 1 fully saturated rings. The summed E-state index contributed by atoms with van der Waals surface area (Å²) >= 11 is 1.10. The van der Waals surface area contributed by atoms with Gasteiger partial charge in [0, 0.05) is 18.2 Å². The van der Waals surface area contributed by atoms with Crippen molar-refractivity contribution in [2.75, 3.05) is 11.1 Å². The molecule has 0 atom stereocenters. The molecule has 1 saturated carbocycles. The van der Waals surface area contributed by atoms with Crippen LogP contribution in [0.3, 0.4) is 0 Å². The Morgan fingerprint density at radius 1 is 1.13 bits per heavy atom. The van der Waals surface area contributed by atoms with Crippen LogP contribution in [0.5, 0.6) is 0 Å². The van der Waals surface area contributed by atoms with Gasteiger partial charge in [0.25, 0.3) is 5.91 Å². The summed E-state index contributed by atoms with van der Waals surface area (Å²) in [6, 6.07) is 9.07. The number of thioether (sulfide) groups is 1. The molecule has 30 heavy (non-hydrogen) atoms. The van der Waals surface area contributed by atoms with Crippen LogP contribution in [0.4, 0.5) is 14.5 Å². The number of amides is 2. The molecule has 2 aromatic carbocycles. The van der Waals surface area contributed by atoms with Crippen molar-refractivity contribution in [1.82, 2.24) is 15.3 Å². The Bertz CT molecular complexity index is 1060. The quantitative estimate of drug-likeness (QED) is 0.511. The maximum Gasteiger partial charge on any atom is 0.253 e. The molecule has 2 amide bonds. The first-order valence-electron chi connectivity index (χ1n) is 9.67. The van der Waals surface area contributed by atoms with E-state index in [0.29, 0.717) is 21.9 Å². The van der Waals surface area contributed by atoms with Crippen LogP contribution in [0.2, 0.25) is 0 Å². The number of nitrogens with one attached hydrogen (secondary N) is 3. The summed E-state index contributed by atoms with van der Waals surface area (Å²) in [6.07, 6.45) is 4.17. The van der Waals surface area contributed by atoms with Crippen LogP contribution in [0.15, 0.2) is 41.6 Å². The maximum absolute atomic E-state index is 13.3. The van der Waals surface area contributed by atoms with Gasteiger partial charge in [-0.3, -0.25) is 9.59 Å². The number of aromatic amines is 1. The van der Waals surface area contributed by atoms with Crippen LogP contribution in [-0.2, 0) is 4.79 Å². The molecule has 3 N–H and O–H groups in total. The summed E-state index contributed by atoms with van der Waals surface area (Å²) in [4.78, 5) is 32.0. The van der Waals surface area contributed by atoms with E-state index >= 15 is 0 Å². The standard InChI is InChI=1S/C21H20F2N4O2S/c22-14-9-17-18(10-15(14)23)27-21(26-17)30-11-19(28)25-16-8-4-3-7-13(16)20(29)24-12-5-1-2-6-12/h3-4,7-10,12H,1-2,5-6,11H2,(H,24,29)(H,25,28)(H,26,27). The Hall–Kier alpha value is -2.94. The molecule has 1 aliphatic carbocycles. The molecule has 9 heteroatoms. The Morgan fingerprint density at radius 3 is 2.67 bits per heavy atom. The van der Waals surface area contributed by atoms with Crippen LogP contribution in [0.1, 0.15) is 36.0 Å². The van der Waals surface area contributed by atoms with E-state index in [0.717, 1.165) is 49.6 Å². The minimum atomic E-state index is -0.976. The van der Waals surface area contributed by atoms with Gasteiger partial charge in [-0.05, 0) is 25.0 Å². The number of nitrogens with zero attached hydrogens (tertiary/aromatic N) is 1. The van der Waals surface area contributed by atoms with Gasteiger partial charge in [0.05, 0.1) is 28.0 Å². The lowest BCUT2D eigenvalue weighted by molar-refractivity contribution is -0.113. The molecule has 0 radical (unpaired) electrons. The molecule has 0 spiro atoms. The number of rotatable bonds is 6. The van der Waals surface area contributed by atoms with Crippen LogP contribution < -0.4 is 10.6 Å². The second kappa shape index (κ2) is 8.83. The van der Waals surface area contributed by atoms with Crippen LogP contribution in [-0.4, -0.2) is 33.6 Å². The van der Waals surface area contributed by atoms with Gasteiger partial charge in [-0.15, -0.1) is 0 Å². The lowest BCUT2D eigenvalue weighted by Gasteiger charge is -2.14. The number of aromatic nitrogens is 2. The fraction of sp³-hybridized carbons (Fsp3) is 0.286. The molecule has 4 rings (SSSR count). The molecule has 0 bridgehead atoms. The van der Waals surface area contributed by atoms with Crippen molar-refractivity contribution in [2.45, 2.75) is 36.9 Å². The van der Waals surface area contributed by atoms with Gasteiger partial charge in [-0.2, -0.15) is 0 Å². The first-order valence-corrected chi connectivity index (χ1v) is 10.7. The van der Waals surface area contributed by atoms with Crippen molar-refractivity contribution < 1.29 is 18.4 Å². The van der Waals surface area contributed by atoms with Gasteiger partial charge < -0.3 is 15.6 Å². The number of anilines is 1. The van der Waals surface area contributed by atoms with E-state index in [-0.39, 0.29) is 29.1 Å². The zero-order valence-electron chi connectivity index (χ0n) is 16.0. The Kier molecular flexibility index (Phi) is 5.98. The van der Waals surface area contributed by atoms with Crippen molar-refractivity contribution in [2.24, 2.45) is 0 Å². The Morgan fingerprint density at radius 2 is 1.87 bits per heavy atom. The van der Waals surface area contributed by atoms with E-state index in [9.17, 15) is 18.4 Å². The molecule has 1 heterocycles. The number of carbonyl (C=O) groups is 2. The topological polar surface area (TPSA) is 86.9 Å². The Labute approximate surface area is 175 Å². The summed E-state index contributed by atoms with van der Waals surface area (Å²) in [6.45, 7) is 0. The molecule has 6 nitrogen and oxygen atoms in total. The van der Waals surface area contributed by atoms with Gasteiger partial charge in [0.1, 0.15) is 0 Å². The largest absolute Gasteiger partial charge is 0.349 e. The minimum absolute atomic E-state index is 0.0172. The number of H-pyrrole nitrogens is 1. The maximum atomic E-state index is 13.3. The summed E-state index contributed by atoms with van der Waals surface area (Å²) < 4.78 is 26.6. The van der Waals surface area contributed by atoms with Crippen molar-refractivity contribution >= 4 is 40.3 Å². The number of benzene rings is 2. The molecule has 156 valence electrons. The lowest BCUT2D eigenvalue weighted by atomic mass is 10.1. The molecule has 1 aromatic heterocycles. The first kappa shape index (κ1) is 20.3. The summed E-state index contributed by atoms with van der Waals surface area (Å²) in [5.41, 5.74) is 1.49. The molecule has 1 aliphatic rings. The van der Waals surface area contributed by atoms with Gasteiger partial charge in [0.2, 0.25) is 5.91 Å². The molecular weight excluding hydrogens is 410 g/mol. The highest BCUT2D eigenvalue weighted by Gasteiger charge is 2.20. The van der Waals surface area contributed by atoms with E-state index < -0.39 is 11.6 Å². The van der Waals surface area contributed by atoms with E-state index in [1.807, 2.05) is 0 Å². The smallest absolute Gasteiger partial charge is 0.253 e. The van der Waals surface area contributed by atoms with Crippen molar-refractivity contribution in [3.8, 4) is 0 Å². The highest BCUT2D eigenvalue weighted by Crippen LogP contribution is 2.23. The number of hydrogen-bond acceptors (Lipinski definition) is 4. The van der Waals surface area contributed by atoms with Crippen molar-refractivity contribution in [3.63, 3.8) is 0 Å². The fourth-order valence-electron chi connectivity index (χ4n) is 3.49. The highest BCUT2D eigenvalue weighted by atomic mass is 32.2. The van der Waals surface area contributed by atoms with Gasteiger partial charge in [0.15, 0.2) is 16.8 Å². The predicted molar refractivity (Wildman–Crippen MR) is 112 cm³/mol. The van der Waals surface area contributed by atoms with Gasteiger partial charge in [-0.25, -0.2) is 13.8 Å². The highest BCUT2D eigenvalue weighted by molar-refractivity contribution is 7.99. The molecule has 0 saturated heterocycles. The first-order chi connectivity index (χ1) is 14.5. The monoisotopic (exact) mass is 430 g/mol. The van der Waals surface area contributed by atoms with Crippen LogP contribution in [0.25, 0.3) is 11.0 Å². The molecule has 0 unspecified atom stereocenters. The SMILES string of the molecule is O=C(CSc1nc2cc(F)c(F)cc2[nH]1)Nc1ccccc1C(=O)NC1CCCC1. The summed E-state index contributed by atoms with van der Waals surface area (Å²) in [7, 11) is 0. The third-order valence-electron chi connectivity index (χ3n) is 4.98.